The largest absolute Gasteiger partial charge is 0.344 e. The highest BCUT2D eigenvalue weighted by atomic mass is 35.5. The molecule has 0 bridgehead atoms. The minimum absolute atomic E-state index is 0.136. The fraction of sp³-hybridized carbons (Fsp3) is 0.133. The highest BCUT2D eigenvalue weighted by Gasteiger charge is 2.14. The Kier molecular flexibility index (Phi) is 4.90. The van der Waals surface area contributed by atoms with E-state index >= 15 is 0 Å². The van der Waals surface area contributed by atoms with Crippen LogP contribution < -0.4 is 10.6 Å². The number of nitrogens with one attached hydrogen (secondary N) is 2. The zero-order valence-corrected chi connectivity index (χ0v) is 12.1. The zero-order valence-electron chi connectivity index (χ0n) is 11.4. The van der Waals surface area contributed by atoms with Gasteiger partial charge in [0.15, 0.2) is 5.15 Å². The topological polar surface area (TPSA) is 71.1 Å². The lowest BCUT2D eigenvalue weighted by Gasteiger charge is -2.07. The van der Waals surface area contributed by atoms with Crippen molar-refractivity contribution in [2.24, 2.45) is 0 Å². The molecule has 0 aliphatic rings. The molecule has 21 heavy (non-hydrogen) atoms. The van der Waals surface area contributed by atoms with Crippen LogP contribution in [0.3, 0.4) is 0 Å². The third-order valence-electron chi connectivity index (χ3n) is 2.79. The lowest BCUT2D eigenvalue weighted by Crippen LogP contribution is -2.35. The first kappa shape index (κ1) is 15.0. The number of nitrogens with zero attached hydrogens (tertiary/aromatic N) is 1. The molecule has 108 valence electrons. The number of anilines is 1. The standard InChI is InChI=1S/C15H14ClN3O2/c1-10-4-6-11(7-5-10)9-18-14(20)15(21)19-12-3-2-8-17-13(12)16/h2-8H,9H2,1H3,(H,18,20)(H,19,21). The average molecular weight is 304 g/mol. The van der Waals surface area contributed by atoms with Crippen LogP contribution >= 0.6 is 11.6 Å². The summed E-state index contributed by atoms with van der Waals surface area (Å²) in [6, 6.07) is 10.9. The summed E-state index contributed by atoms with van der Waals surface area (Å²) < 4.78 is 0. The van der Waals surface area contributed by atoms with Crippen molar-refractivity contribution in [2.75, 3.05) is 5.32 Å². The maximum atomic E-state index is 11.7. The van der Waals surface area contributed by atoms with Crippen LogP contribution in [0, 0.1) is 6.92 Å². The number of benzene rings is 1. The first-order chi connectivity index (χ1) is 10.1. The van der Waals surface area contributed by atoms with Gasteiger partial charge in [-0.25, -0.2) is 4.98 Å². The molecule has 0 atom stereocenters. The second kappa shape index (κ2) is 6.85. The first-order valence-corrected chi connectivity index (χ1v) is 6.69. The number of amides is 2. The summed E-state index contributed by atoms with van der Waals surface area (Å²) in [6.45, 7) is 2.26. The lowest BCUT2D eigenvalue weighted by molar-refractivity contribution is -0.136. The van der Waals surface area contributed by atoms with Gasteiger partial charge in [0.2, 0.25) is 0 Å². The molecule has 0 fully saturated rings. The van der Waals surface area contributed by atoms with Gasteiger partial charge in [-0.2, -0.15) is 0 Å². The summed E-state index contributed by atoms with van der Waals surface area (Å²) in [5.74, 6) is -1.51. The van der Waals surface area contributed by atoms with E-state index in [4.69, 9.17) is 11.6 Å². The molecule has 0 saturated heterocycles. The monoisotopic (exact) mass is 303 g/mol. The summed E-state index contributed by atoms with van der Waals surface area (Å²) in [7, 11) is 0. The highest BCUT2D eigenvalue weighted by Crippen LogP contribution is 2.17. The van der Waals surface area contributed by atoms with Crippen LogP contribution in [0.25, 0.3) is 0 Å². The van der Waals surface area contributed by atoms with Crippen LogP contribution in [-0.2, 0) is 16.1 Å². The number of pyridine rings is 1. The Hall–Kier alpha value is -2.40. The van der Waals surface area contributed by atoms with Gasteiger partial charge in [0.25, 0.3) is 0 Å². The Labute approximate surface area is 127 Å². The maximum absolute atomic E-state index is 11.7. The minimum Gasteiger partial charge on any atom is -0.344 e. The predicted octanol–water partition coefficient (Wildman–Crippen LogP) is 2.30. The number of hydrogen-bond donors (Lipinski definition) is 2. The molecule has 1 heterocycles. The molecule has 2 aromatic rings. The molecule has 0 spiro atoms. The number of aromatic nitrogens is 1. The van der Waals surface area contributed by atoms with E-state index in [1.54, 1.807) is 12.1 Å². The van der Waals surface area contributed by atoms with E-state index in [1.165, 1.54) is 6.20 Å². The Bertz CT molecular complexity index is 656. The number of carbonyl (C=O) groups excluding carboxylic acids is 2. The molecule has 0 saturated carbocycles. The van der Waals surface area contributed by atoms with Gasteiger partial charge in [-0.3, -0.25) is 9.59 Å². The van der Waals surface area contributed by atoms with Gasteiger partial charge in [0, 0.05) is 12.7 Å². The number of hydrogen-bond acceptors (Lipinski definition) is 3. The van der Waals surface area contributed by atoms with Gasteiger partial charge in [-0.1, -0.05) is 41.4 Å². The molecule has 2 amide bonds. The van der Waals surface area contributed by atoms with E-state index in [0.717, 1.165) is 11.1 Å². The van der Waals surface area contributed by atoms with Gasteiger partial charge in [-0.15, -0.1) is 0 Å². The summed E-state index contributed by atoms with van der Waals surface area (Å²) in [5.41, 5.74) is 2.35. The van der Waals surface area contributed by atoms with Gasteiger partial charge >= 0.3 is 11.8 Å². The molecule has 0 aliphatic heterocycles. The van der Waals surface area contributed by atoms with Gasteiger partial charge in [0.1, 0.15) is 0 Å². The van der Waals surface area contributed by atoms with Crippen molar-refractivity contribution in [1.82, 2.24) is 10.3 Å². The van der Waals surface area contributed by atoms with Crippen LogP contribution in [-0.4, -0.2) is 16.8 Å². The van der Waals surface area contributed by atoms with Crippen molar-refractivity contribution in [2.45, 2.75) is 13.5 Å². The second-order valence-electron chi connectivity index (χ2n) is 4.46. The van der Waals surface area contributed by atoms with Crippen LogP contribution in [0.15, 0.2) is 42.6 Å². The summed E-state index contributed by atoms with van der Waals surface area (Å²) in [4.78, 5) is 27.3. The first-order valence-electron chi connectivity index (χ1n) is 6.31. The number of aryl methyl sites for hydroxylation is 1. The van der Waals surface area contributed by atoms with Gasteiger partial charge in [0.05, 0.1) is 5.69 Å². The van der Waals surface area contributed by atoms with Crippen molar-refractivity contribution in [3.05, 3.63) is 58.9 Å². The van der Waals surface area contributed by atoms with Crippen LogP contribution in [0.2, 0.25) is 5.15 Å². The molecule has 1 aromatic carbocycles. The SMILES string of the molecule is Cc1ccc(CNC(=O)C(=O)Nc2cccnc2Cl)cc1. The van der Waals surface area contributed by atoms with Crippen LogP contribution in [0.5, 0.6) is 0 Å². The van der Waals surface area contributed by atoms with Gasteiger partial charge < -0.3 is 10.6 Å². The van der Waals surface area contributed by atoms with E-state index in [1.807, 2.05) is 31.2 Å². The predicted molar refractivity (Wildman–Crippen MR) is 80.9 cm³/mol. The van der Waals surface area contributed by atoms with Crippen molar-refractivity contribution in [3.63, 3.8) is 0 Å². The number of halogens is 1. The van der Waals surface area contributed by atoms with Crippen LogP contribution in [0.4, 0.5) is 5.69 Å². The molecule has 2 N–H and O–H groups in total. The van der Waals surface area contributed by atoms with Crippen molar-refractivity contribution < 1.29 is 9.59 Å². The Balaban J connectivity index is 1.90. The number of carbonyl (C=O) groups is 2. The zero-order chi connectivity index (χ0) is 15.2. The van der Waals surface area contributed by atoms with Crippen LogP contribution in [0.1, 0.15) is 11.1 Å². The maximum Gasteiger partial charge on any atom is 0.313 e. The van der Waals surface area contributed by atoms with Crippen molar-refractivity contribution >= 4 is 29.1 Å². The quantitative estimate of drug-likeness (QED) is 0.675. The second-order valence-corrected chi connectivity index (χ2v) is 4.82. The summed E-state index contributed by atoms with van der Waals surface area (Å²) in [6.07, 6.45) is 1.50. The summed E-state index contributed by atoms with van der Waals surface area (Å²) >= 11 is 5.80. The lowest BCUT2D eigenvalue weighted by atomic mass is 10.1. The summed E-state index contributed by atoms with van der Waals surface area (Å²) in [5, 5.41) is 5.09. The van der Waals surface area contributed by atoms with E-state index < -0.39 is 11.8 Å². The van der Waals surface area contributed by atoms with E-state index in [-0.39, 0.29) is 11.7 Å². The molecule has 1 aromatic heterocycles. The van der Waals surface area contributed by atoms with E-state index in [9.17, 15) is 9.59 Å². The molecule has 0 radical (unpaired) electrons. The third kappa shape index (κ3) is 4.29. The smallest absolute Gasteiger partial charge is 0.313 e. The minimum atomic E-state index is -0.781. The molecule has 0 aliphatic carbocycles. The normalized spacial score (nSPS) is 10.0. The molecule has 6 heteroatoms. The molecule has 0 unspecified atom stereocenters. The molecule has 2 rings (SSSR count). The fourth-order valence-corrected chi connectivity index (χ4v) is 1.79. The Morgan fingerprint density at radius 1 is 1.14 bits per heavy atom. The highest BCUT2D eigenvalue weighted by molar-refractivity contribution is 6.41. The Morgan fingerprint density at radius 3 is 2.52 bits per heavy atom. The van der Waals surface area contributed by atoms with E-state index in [2.05, 4.69) is 15.6 Å². The fourth-order valence-electron chi connectivity index (χ4n) is 1.63. The number of rotatable bonds is 3. The molecular weight excluding hydrogens is 290 g/mol. The Morgan fingerprint density at radius 2 is 1.86 bits per heavy atom. The van der Waals surface area contributed by atoms with E-state index in [0.29, 0.717) is 5.69 Å². The van der Waals surface area contributed by atoms with Crippen molar-refractivity contribution in [1.29, 1.82) is 0 Å². The average Bonchev–Trinajstić information content (AvgIpc) is 2.48. The van der Waals surface area contributed by atoms with Crippen molar-refractivity contribution in [3.8, 4) is 0 Å². The van der Waals surface area contributed by atoms with Gasteiger partial charge in [-0.05, 0) is 24.6 Å². The molecular formula is C15H14ClN3O2. The third-order valence-corrected chi connectivity index (χ3v) is 3.09. The molecule has 5 nitrogen and oxygen atoms in total.